The fourth-order valence-electron chi connectivity index (χ4n) is 0.0908. The van der Waals surface area contributed by atoms with Crippen molar-refractivity contribution in [2.45, 2.75) is 0 Å². The maximum Gasteiger partial charge on any atom is 0.332 e. The van der Waals surface area contributed by atoms with E-state index in [9.17, 15) is 9.59 Å². The van der Waals surface area contributed by atoms with Gasteiger partial charge in [0.2, 0.25) is 0 Å². The molecule has 0 unspecified atom stereocenters. The van der Waals surface area contributed by atoms with E-state index in [1.165, 1.54) is 12.8 Å². The zero-order valence-corrected chi connectivity index (χ0v) is 3.71. The molecule has 0 rings (SSSR count). The van der Waals surface area contributed by atoms with E-state index in [1.807, 2.05) is 0 Å². The molecule has 0 aliphatic rings. The van der Waals surface area contributed by atoms with Crippen LogP contribution in [0.3, 0.4) is 0 Å². The maximum atomic E-state index is 9.25. The van der Waals surface area contributed by atoms with Crippen LogP contribution in [0.4, 0.5) is 0 Å². The van der Waals surface area contributed by atoms with E-state index in [4.69, 9.17) is 0 Å². The Morgan fingerprint density at radius 1 is 1.00 bits per heavy atom. The van der Waals surface area contributed by atoms with E-state index in [-0.39, 0.29) is 0 Å². The first-order valence-corrected chi connectivity index (χ1v) is 1.56. The van der Waals surface area contributed by atoms with Gasteiger partial charge in [0.15, 0.2) is 0 Å². The molecule has 0 saturated heterocycles. The lowest BCUT2D eigenvalue weighted by Gasteiger charge is -1.77. The second-order valence-corrected chi connectivity index (χ2v) is 0.628. The number of nitrogens with one attached hydrogen (secondary N) is 2. The Kier molecular flexibility index (Phi) is 4.53. The summed E-state index contributed by atoms with van der Waals surface area (Å²) in [4.78, 5) is 18.5. The third-order valence-electron chi connectivity index (χ3n) is 0.241. The van der Waals surface area contributed by atoms with Crippen molar-refractivity contribution in [3.8, 4) is 0 Å². The Morgan fingerprint density at radius 2 is 1.38 bits per heavy atom. The minimum Gasteiger partial charge on any atom is -0.262 e. The highest BCUT2D eigenvalue weighted by Gasteiger charge is 1.68. The first kappa shape index (κ1) is 6.54. The summed E-state index contributed by atoms with van der Waals surface area (Å²) in [6.45, 7) is 0. The third kappa shape index (κ3) is 4.54. The normalized spacial score (nSPS) is 8.50. The Balaban J connectivity index is 3.06. The molecule has 2 radical (unpaired) electrons. The van der Waals surface area contributed by atoms with Crippen LogP contribution in [-0.4, -0.2) is 12.8 Å². The summed E-state index contributed by atoms with van der Waals surface area (Å²) in [6.07, 6.45) is 2.39. The van der Waals surface area contributed by atoms with Crippen LogP contribution in [0.25, 0.3) is 0 Å². The van der Waals surface area contributed by atoms with Crippen molar-refractivity contribution in [1.29, 1.82) is 0 Å². The molecule has 0 saturated carbocycles. The molecule has 0 spiro atoms. The first-order chi connectivity index (χ1) is 3.91. The topological polar surface area (TPSA) is 82.9 Å². The quantitative estimate of drug-likeness (QED) is 0.267. The van der Waals surface area contributed by atoms with Crippen molar-refractivity contribution < 1.29 is 9.59 Å². The standard InChI is InChI=1S/C2H2N4O2/c7-1-3-5-6-4-2-8/h(H,3,6,7)(H,4,5,8). The number of hydrogen-bond donors (Lipinski definition) is 2. The summed E-state index contributed by atoms with van der Waals surface area (Å²) in [6, 6.07) is 0. The lowest BCUT2D eigenvalue weighted by molar-refractivity contribution is 0.531. The predicted molar refractivity (Wildman–Crippen MR) is 22.5 cm³/mol. The molecule has 2 amide bonds. The second kappa shape index (κ2) is 5.54. The van der Waals surface area contributed by atoms with Crippen LogP contribution < -0.4 is 10.9 Å². The summed E-state index contributed by atoms with van der Waals surface area (Å²) in [5.41, 5.74) is 3.39. The van der Waals surface area contributed by atoms with Gasteiger partial charge in [-0.05, 0) is 10.4 Å². The maximum absolute atomic E-state index is 9.25. The van der Waals surface area contributed by atoms with Crippen LogP contribution in [0.5, 0.6) is 0 Å². The SMILES string of the molecule is O=[C]NN=NN[C]=O. The van der Waals surface area contributed by atoms with Gasteiger partial charge >= 0.3 is 12.8 Å². The molecule has 6 heteroatoms. The Bertz CT molecular complexity index is 88.2. The Hall–Kier alpha value is -1.46. The van der Waals surface area contributed by atoms with Crippen molar-refractivity contribution in [1.82, 2.24) is 10.9 Å². The summed E-state index contributed by atoms with van der Waals surface area (Å²) in [5, 5.41) is 5.71. The number of nitrogens with zero attached hydrogens (tertiary/aromatic N) is 2. The van der Waals surface area contributed by atoms with Gasteiger partial charge in [0.1, 0.15) is 0 Å². The highest BCUT2D eigenvalue weighted by Crippen LogP contribution is 1.53. The van der Waals surface area contributed by atoms with Crippen molar-refractivity contribution >= 4 is 12.8 Å². The van der Waals surface area contributed by atoms with Gasteiger partial charge in [0.05, 0.1) is 0 Å². The van der Waals surface area contributed by atoms with E-state index in [0.29, 0.717) is 0 Å². The monoisotopic (exact) mass is 114 g/mol. The zero-order valence-electron chi connectivity index (χ0n) is 3.71. The second-order valence-electron chi connectivity index (χ2n) is 0.628. The molecule has 0 bridgehead atoms. The molecule has 0 heterocycles. The molecule has 6 nitrogen and oxygen atoms in total. The lowest BCUT2D eigenvalue weighted by Crippen LogP contribution is -2.04. The Morgan fingerprint density at radius 3 is 1.62 bits per heavy atom. The molecule has 0 fully saturated rings. The molecule has 8 heavy (non-hydrogen) atoms. The van der Waals surface area contributed by atoms with Crippen LogP contribution in [0, 0.1) is 0 Å². The van der Waals surface area contributed by atoms with E-state index in [0.717, 1.165) is 0 Å². The van der Waals surface area contributed by atoms with Crippen molar-refractivity contribution in [2.75, 3.05) is 0 Å². The van der Waals surface area contributed by atoms with Crippen molar-refractivity contribution in [3.63, 3.8) is 0 Å². The van der Waals surface area contributed by atoms with Gasteiger partial charge in [-0.1, -0.05) is 0 Å². The molecule has 42 valence electrons. The van der Waals surface area contributed by atoms with Crippen LogP contribution in [-0.2, 0) is 9.59 Å². The zero-order chi connectivity index (χ0) is 6.24. The van der Waals surface area contributed by atoms with E-state index >= 15 is 0 Å². The van der Waals surface area contributed by atoms with Gasteiger partial charge in [-0.15, -0.1) is 0 Å². The highest BCUT2D eigenvalue weighted by atomic mass is 16.1. The number of hydrogen-bond acceptors (Lipinski definition) is 4. The summed E-state index contributed by atoms with van der Waals surface area (Å²) >= 11 is 0. The lowest BCUT2D eigenvalue weighted by atomic mass is 11.4. The predicted octanol–water partition coefficient (Wildman–Crippen LogP) is -1.42. The van der Waals surface area contributed by atoms with Gasteiger partial charge in [0, 0.05) is 0 Å². The van der Waals surface area contributed by atoms with Crippen LogP contribution >= 0.6 is 0 Å². The van der Waals surface area contributed by atoms with Gasteiger partial charge in [-0.3, -0.25) is 9.59 Å². The fraction of sp³-hybridized carbons (Fsp3) is 0. The summed E-state index contributed by atoms with van der Waals surface area (Å²) in [7, 11) is 0. The van der Waals surface area contributed by atoms with Gasteiger partial charge < -0.3 is 0 Å². The van der Waals surface area contributed by atoms with Crippen LogP contribution in [0.2, 0.25) is 0 Å². The van der Waals surface area contributed by atoms with E-state index in [2.05, 4.69) is 10.4 Å². The average molecular weight is 114 g/mol. The van der Waals surface area contributed by atoms with Crippen LogP contribution in [0.1, 0.15) is 0 Å². The molecule has 0 aliphatic carbocycles. The first-order valence-electron chi connectivity index (χ1n) is 1.56. The average Bonchev–Trinajstić information content (AvgIpc) is 1.81. The minimum absolute atomic E-state index is 1.20. The molecular weight excluding hydrogens is 112 g/mol. The largest absolute Gasteiger partial charge is 0.332 e. The van der Waals surface area contributed by atoms with E-state index < -0.39 is 0 Å². The summed E-state index contributed by atoms with van der Waals surface area (Å²) in [5.74, 6) is 0. The minimum atomic E-state index is 1.20. The highest BCUT2D eigenvalue weighted by molar-refractivity contribution is 5.46. The molecule has 2 N–H and O–H groups in total. The molecule has 0 aromatic heterocycles. The van der Waals surface area contributed by atoms with Gasteiger partial charge in [-0.2, -0.15) is 0 Å². The fourth-order valence-corrected chi connectivity index (χ4v) is 0.0908. The van der Waals surface area contributed by atoms with Crippen LogP contribution in [0.15, 0.2) is 10.4 Å². The third-order valence-corrected chi connectivity index (χ3v) is 0.241. The molecule has 0 aromatic carbocycles. The number of carbonyl (C=O) groups excluding carboxylic acids is 2. The molecule has 0 aromatic rings. The molecular formula is C2H2N4O2. The van der Waals surface area contributed by atoms with Gasteiger partial charge in [-0.25, -0.2) is 10.9 Å². The Labute approximate surface area is 44.9 Å². The van der Waals surface area contributed by atoms with Crippen molar-refractivity contribution in [3.05, 3.63) is 0 Å². The number of amides is 2. The van der Waals surface area contributed by atoms with Crippen molar-refractivity contribution in [2.24, 2.45) is 10.4 Å². The summed E-state index contributed by atoms with van der Waals surface area (Å²) < 4.78 is 0. The smallest absolute Gasteiger partial charge is 0.262 e. The molecule has 0 atom stereocenters. The van der Waals surface area contributed by atoms with E-state index in [1.54, 1.807) is 10.9 Å². The number of rotatable bonds is 4. The van der Waals surface area contributed by atoms with Gasteiger partial charge in [0.25, 0.3) is 0 Å². The molecule has 0 aliphatic heterocycles.